The lowest BCUT2D eigenvalue weighted by Gasteiger charge is -2.39. The summed E-state index contributed by atoms with van der Waals surface area (Å²) in [7, 11) is 0. The number of anilines is 1. The highest BCUT2D eigenvalue weighted by atomic mass is 19.4. The van der Waals surface area contributed by atoms with E-state index in [1.807, 2.05) is 6.92 Å². The molecule has 1 aliphatic heterocycles. The van der Waals surface area contributed by atoms with Crippen LogP contribution in [0.4, 0.5) is 18.9 Å². The highest BCUT2D eigenvalue weighted by Gasteiger charge is 2.51. The summed E-state index contributed by atoms with van der Waals surface area (Å²) in [4.78, 5) is 14.7. The normalized spacial score (nSPS) is 28.8. The number of carbonyl (C=O) groups is 1. The summed E-state index contributed by atoms with van der Waals surface area (Å²) in [6, 6.07) is 5.33. The van der Waals surface area contributed by atoms with Gasteiger partial charge in [-0.25, -0.2) is 0 Å². The number of carbonyl (C=O) groups excluding carboxylic acids is 1. The molecule has 1 aromatic rings. The quantitative estimate of drug-likeness (QED) is 0.838. The van der Waals surface area contributed by atoms with Crippen LogP contribution >= 0.6 is 0 Å². The van der Waals surface area contributed by atoms with Crippen LogP contribution in [0.1, 0.15) is 39.0 Å². The van der Waals surface area contributed by atoms with Crippen molar-refractivity contribution in [2.45, 2.75) is 57.6 Å². The Labute approximate surface area is 156 Å². The molecule has 0 aromatic heterocycles. The van der Waals surface area contributed by atoms with Crippen LogP contribution in [0.2, 0.25) is 0 Å². The van der Waals surface area contributed by atoms with Crippen LogP contribution in [-0.2, 0) is 9.53 Å². The fraction of sp³-hybridized carbons (Fsp3) is 0.632. The van der Waals surface area contributed by atoms with Gasteiger partial charge in [0.2, 0.25) is 5.91 Å². The number of alkyl halides is 3. The zero-order chi connectivity index (χ0) is 19.7. The van der Waals surface area contributed by atoms with Gasteiger partial charge >= 0.3 is 6.36 Å². The minimum absolute atomic E-state index is 0.0519. The van der Waals surface area contributed by atoms with Gasteiger partial charge in [0, 0.05) is 18.8 Å². The van der Waals surface area contributed by atoms with Crippen LogP contribution in [0.3, 0.4) is 0 Å². The predicted octanol–water partition coefficient (Wildman–Crippen LogP) is 3.65. The number of benzene rings is 1. The van der Waals surface area contributed by atoms with Crippen molar-refractivity contribution >= 4 is 11.6 Å². The molecule has 1 N–H and O–H groups in total. The summed E-state index contributed by atoms with van der Waals surface area (Å²) in [5.74, 6) is -0.370. The zero-order valence-electron chi connectivity index (χ0n) is 15.2. The van der Waals surface area contributed by atoms with E-state index in [0.29, 0.717) is 44.5 Å². The molecule has 1 spiro atoms. The number of nitrogens with zero attached hydrogens (tertiary/aromatic N) is 1. The van der Waals surface area contributed by atoms with Crippen molar-refractivity contribution < 1.29 is 32.5 Å². The molecule has 2 aliphatic rings. The Morgan fingerprint density at radius 1 is 1.26 bits per heavy atom. The van der Waals surface area contributed by atoms with E-state index in [1.165, 1.54) is 24.3 Å². The van der Waals surface area contributed by atoms with E-state index >= 15 is 0 Å². The largest absolute Gasteiger partial charge is 0.573 e. The Bertz CT molecular complexity index is 664. The van der Waals surface area contributed by atoms with Gasteiger partial charge in [0.25, 0.3) is 0 Å². The number of aliphatic hydroxyl groups excluding tert-OH is 1. The first kappa shape index (κ1) is 19.9. The Morgan fingerprint density at radius 2 is 1.96 bits per heavy atom. The number of rotatable bonds is 5. The highest BCUT2D eigenvalue weighted by Crippen LogP contribution is 2.47. The summed E-state index contributed by atoms with van der Waals surface area (Å²) in [6.45, 7) is 3.02. The Balaban J connectivity index is 1.71. The van der Waals surface area contributed by atoms with E-state index in [4.69, 9.17) is 4.74 Å². The third-order valence-corrected chi connectivity index (χ3v) is 5.37. The van der Waals surface area contributed by atoms with Crippen molar-refractivity contribution in [1.29, 1.82) is 0 Å². The first-order valence-corrected chi connectivity index (χ1v) is 9.21. The molecule has 5 nitrogen and oxygen atoms in total. The van der Waals surface area contributed by atoms with Crippen LogP contribution in [0, 0.1) is 5.41 Å². The maximum atomic E-state index is 13.1. The lowest BCUT2D eigenvalue weighted by atomic mass is 9.70. The van der Waals surface area contributed by atoms with Gasteiger partial charge in [0.15, 0.2) is 0 Å². The van der Waals surface area contributed by atoms with E-state index in [-0.39, 0.29) is 17.8 Å². The van der Waals surface area contributed by atoms with Crippen molar-refractivity contribution in [1.82, 2.24) is 0 Å². The smallest absolute Gasteiger partial charge is 0.406 e. The van der Waals surface area contributed by atoms with Gasteiger partial charge in [-0.15, -0.1) is 13.2 Å². The molecule has 3 unspecified atom stereocenters. The second-order valence-electron chi connectivity index (χ2n) is 7.25. The third kappa shape index (κ3) is 4.38. The molecular formula is C19H24F3NO4. The minimum atomic E-state index is -4.74. The molecule has 2 fully saturated rings. The monoisotopic (exact) mass is 387 g/mol. The van der Waals surface area contributed by atoms with Gasteiger partial charge in [-0.05, 0) is 56.4 Å². The number of hydrogen-bond donors (Lipinski definition) is 1. The van der Waals surface area contributed by atoms with Crippen LogP contribution in [0.5, 0.6) is 5.75 Å². The lowest BCUT2D eigenvalue weighted by molar-refractivity contribution is -0.274. The number of amides is 1. The van der Waals surface area contributed by atoms with Crippen molar-refractivity contribution in [3.8, 4) is 5.75 Å². The van der Waals surface area contributed by atoms with E-state index in [2.05, 4.69) is 4.74 Å². The summed E-state index contributed by atoms with van der Waals surface area (Å²) < 4.78 is 46.5. The fourth-order valence-corrected chi connectivity index (χ4v) is 3.99. The first-order chi connectivity index (χ1) is 12.7. The lowest BCUT2D eigenvalue weighted by Crippen LogP contribution is -2.46. The molecule has 27 heavy (non-hydrogen) atoms. The second kappa shape index (κ2) is 7.67. The van der Waals surface area contributed by atoms with E-state index in [0.717, 1.165) is 6.42 Å². The second-order valence-corrected chi connectivity index (χ2v) is 7.25. The predicted molar refractivity (Wildman–Crippen MR) is 92.4 cm³/mol. The molecule has 1 amide bonds. The van der Waals surface area contributed by atoms with Gasteiger partial charge in [-0.1, -0.05) is 6.92 Å². The maximum absolute atomic E-state index is 13.1. The molecule has 1 aromatic carbocycles. The molecule has 150 valence electrons. The van der Waals surface area contributed by atoms with Crippen LogP contribution in [0.15, 0.2) is 24.3 Å². The molecule has 0 radical (unpaired) electrons. The number of hydrogen-bond acceptors (Lipinski definition) is 4. The standard InChI is InChI=1S/C19H24F3NO4/c1-2-11-26-16-12-18(8-7-15(16)24)9-10-23(17(18)25)13-3-5-14(6-4-13)27-19(20,21)22/h3-6,15-16,24H,2,7-12H2,1H3. The van der Waals surface area contributed by atoms with Gasteiger partial charge in [0.1, 0.15) is 5.75 Å². The molecule has 1 heterocycles. The average molecular weight is 387 g/mol. The highest BCUT2D eigenvalue weighted by molar-refractivity contribution is 6.00. The number of halogens is 3. The number of ether oxygens (including phenoxy) is 2. The van der Waals surface area contributed by atoms with Crippen molar-refractivity contribution in [3.63, 3.8) is 0 Å². The number of aliphatic hydroxyl groups is 1. The topological polar surface area (TPSA) is 59.0 Å². The van der Waals surface area contributed by atoms with Crippen LogP contribution in [0.25, 0.3) is 0 Å². The molecule has 0 bridgehead atoms. The van der Waals surface area contributed by atoms with Crippen LogP contribution < -0.4 is 9.64 Å². The van der Waals surface area contributed by atoms with Crippen molar-refractivity contribution in [3.05, 3.63) is 24.3 Å². The molecular weight excluding hydrogens is 363 g/mol. The molecule has 1 saturated heterocycles. The molecule has 3 rings (SSSR count). The Morgan fingerprint density at radius 3 is 2.59 bits per heavy atom. The summed E-state index contributed by atoms with van der Waals surface area (Å²) in [6.07, 6.45) is -2.62. The Kier molecular flexibility index (Phi) is 5.67. The molecule has 3 atom stereocenters. The van der Waals surface area contributed by atoms with Crippen LogP contribution in [-0.4, -0.2) is 42.7 Å². The Hall–Kier alpha value is -1.80. The summed E-state index contributed by atoms with van der Waals surface area (Å²) in [5.41, 5.74) is -0.0257. The van der Waals surface area contributed by atoms with E-state index in [9.17, 15) is 23.1 Å². The third-order valence-electron chi connectivity index (χ3n) is 5.37. The zero-order valence-corrected chi connectivity index (χ0v) is 15.2. The van der Waals surface area contributed by atoms with Gasteiger partial charge < -0.3 is 19.5 Å². The average Bonchev–Trinajstić information content (AvgIpc) is 2.92. The molecule has 1 aliphatic carbocycles. The first-order valence-electron chi connectivity index (χ1n) is 9.21. The van der Waals surface area contributed by atoms with Crippen molar-refractivity contribution in [2.75, 3.05) is 18.1 Å². The maximum Gasteiger partial charge on any atom is 0.573 e. The fourth-order valence-electron chi connectivity index (χ4n) is 3.99. The van der Waals surface area contributed by atoms with Crippen molar-refractivity contribution in [2.24, 2.45) is 5.41 Å². The summed E-state index contributed by atoms with van der Waals surface area (Å²) in [5, 5.41) is 10.2. The minimum Gasteiger partial charge on any atom is -0.406 e. The summed E-state index contributed by atoms with van der Waals surface area (Å²) >= 11 is 0. The van der Waals surface area contributed by atoms with E-state index in [1.54, 1.807) is 4.90 Å². The SMILES string of the molecule is CCCOC1CC2(CCC1O)CCN(c1ccc(OC(F)(F)F)cc1)C2=O. The molecule has 8 heteroatoms. The molecule has 1 saturated carbocycles. The van der Waals surface area contributed by atoms with Gasteiger partial charge in [0.05, 0.1) is 17.6 Å². The van der Waals surface area contributed by atoms with E-state index < -0.39 is 17.9 Å². The van der Waals surface area contributed by atoms with Gasteiger partial charge in [-0.2, -0.15) is 0 Å². The van der Waals surface area contributed by atoms with Gasteiger partial charge in [-0.3, -0.25) is 4.79 Å².